The molecule has 9 nitrogen and oxygen atoms in total. The fraction of sp³-hybridized carbons (Fsp3) is 0.222. The standard InChI is InChI=1S/C36H31N5O4S/c1-22-18-27(45-26-12-7-8-23(19-26)21-44-30-13-6-5-9-24(30)20-37)14-15-28(22)41-29-16-17-38-35-31(29)32(40-36(41)43)33(46-35)34(42)39-25-10-3-2-4-11-25/h5-9,12-19,25H,2-4,10-11,21H2,1H3,(H,39,42)(H,40,43). The number of benzene rings is 3. The van der Waals surface area contributed by atoms with Crippen LogP contribution in [0.3, 0.4) is 0 Å². The monoisotopic (exact) mass is 629 g/mol. The average Bonchev–Trinajstić information content (AvgIpc) is 3.45. The van der Waals surface area contributed by atoms with E-state index < -0.39 is 0 Å². The fourth-order valence-electron chi connectivity index (χ4n) is 6.10. The van der Waals surface area contributed by atoms with Gasteiger partial charge in [0.15, 0.2) is 0 Å². The molecule has 230 valence electrons. The molecule has 1 aliphatic heterocycles. The van der Waals surface area contributed by atoms with Crippen LogP contribution in [0.5, 0.6) is 17.2 Å². The number of ether oxygens (including phenoxy) is 2. The number of nitrogens with zero attached hydrogens (tertiary/aromatic N) is 3. The van der Waals surface area contributed by atoms with Crippen LogP contribution in [0.25, 0.3) is 10.2 Å². The van der Waals surface area contributed by atoms with E-state index in [-0.39, 0.29) is 24.6 Å². The summed E-state index contributed by atoms with van der Waals surface area (Å²) in [4.78, 5) is 34.3. The quantitative estimate of drug-likeness (QED) is 0.178. The maximum Gasteiger partial charge on any atom is 0.331 e. The van der Waals surface area contributed by atoms with Crippen LogP contribution in [0.15, 0.2) is 79.0 Å². The molecule has 1 fully saturated rings. The topological polar surface area (TPSA) is 117 Å². The van der Waals surface area contributed by atoms with E-state index in [4.69, 9.17) is 9.47 Å². The second kappa shape index (κ2) is 12.5. The number of amides is 3. The molecule has 2 aromatic heterocycles. The molecule has 2 N–H and O–H groups in total. The number of nitriles is 1. The molecule has 0 saturated heterocycles. The Morgan fingerprint density at radius 3 is 2.70 bits per heavy atom. The SMILES string of the molecule is Cc1cc(Oc2cccc(COc3ccccc3C#N)c2)ccc1N1C(=O)Nc2c(C(=O)NC3CCCCC3)sc3nccc1c23. The lowest BCUT2D eigenvalue weighted by Gasteiger charge is -2.30. The van der Waals surface area contributed by atoms with Crippen molar-refractivity contribution >= 4 is 50.6 Å². The van der Waals surface area contributed by atoms with Crippen molar-refractivity contribution in [2.24, 2.45) is 0 Å². The number of hydrogen-bond donors (Lipinski definition) is 2. The summed E-state index contributed by atoms with van der Waals surface area (Å²) in [5.41, 5.74) is 4.11. The fourth-order valence-corrected chi connectivity index (χ4v) is 7.13. The molecular formula is C36H31N5O4S. The summed E-state index contributed by atoms with van der Waals surface area (Å²) in [6.07, 6.45) is 7.07. The van der Waals surface area contributed by atoms with Crippen molar-refractivity contribution in [3.8, 4) is 23.3 Å². The van der Waals surface area contributed by atoms with Gasteiger partial charge < -0.3 is 20.1 Å². The summed E-state index contributed by atoms with van der Waals surface area (Å²) in [7, 11) is 0. The average molecular weight is 630 g/mol. The van der Waals surface area contributed by atoms with Crippen LogP contribution >= 0.6 is 11.3 Å². The van der Waals surface area contributed by atoms with Gasteiger partial charge in [0.2, 0.25) is 0 Å². The van der Waals surface area contributed by atoms with Gasteiger partial charge in [-0.05, 0) is 79.4 Å². The van der Waals surface area contributed by atoms with E-state index in [0.29, 0.717) is 49.6 Å². The van der Waals surface area contributed by atoms with Gasteiger partial charge in [-0.25, -0.2) is 9.78 Å². The van der Waals surface area contributed by atoms with Gasteiger partial charge in [0, 0.05) is 12.2 Å². The van der Waals surface area contributed by atoms with Crippen LogP contribution in [0.4, 0.5) is 21.9 Å². The first-order valence-corrected chi connectivity index (χ1v) is 16.1. The molecule has 1 aliphatic carbocycles. The van der Waals surface area contributed by atoms with Crippen molar-refractivity contribution in [2.75, 3.05) is 10.2 Å². The van der Waals surface area contributed by atoms with E-state index in [2.05, 4.69) is 21.7 Å². The minimum Gasteiger partial charge on any atom is -0.488 e. The first-order valence-electron chi connectivity index (χ1n) is 15.3. The van der Waals surface area contributed by atoms with E-state index in [1.54, 1.807) is 29.3 Å². The summed E-state index contributed by atoms with van der Waals surface area (Å²) in [6, 6.07) is 24.1. The second-order valence-corrected chi connectivity index (χ2v) is 12.5. The molecule has 10 heteroatoms. The maximum atomic E-state index is 13.6. The number of para-hydroxylation sites is 1. The zero-order chi connectivity index (χ0) is 31.6. The molecular weight excluding hydrogens is 598 g/mol. The number of carbonyl (C=O) groups excluding carboxylic acids is 2. The Hall–Kier alpha value is -5.40. The smallest absolute Gasteiger partial charge is 0.331 e. The first-order chi connectivity index (χ1) is 22.5. The van der Waals surface area contributed by atoms with E-state index in [1.807, 2.05) is 61.5 Å². The van der Waals surface area contributed by atoms with Crippen LogP contribution < -0.4 is 25.0 Å². The Morgan fingerprint density at radius 2 is 1.87 bits per heavy atom. The minimum absolute atomic E-state index is 0.160. The highest BCUT2D eigenvalue weighted by molar-refractivity contribution is 7.21. The normalized spacial score (nSPS) is 14.4. The third-order valence-corrected chi connectivity index (χ3v) is 9.43. The van der Waals surface area contributed by atoms with Crippen molar-refractivity contribution in [1.29, 1.82) is 5.26 Å². The van der Waals surface area contributed by atoms with Crippen LogP contribution in [-0.2, 0) is 6.61 Å². The molecule has 0 bridgehead atoms. The van der Waals surface area contributed by atoms with Gasteiger partial charge in [-0.15, -0.1) is 11.3 Å². The van der Waals surface area contributed by atoms with Crippen LogP contribution in [0, 0.1) is 18.3 Å². The lowest BCUT2D eigenvalue weighted by atomic mass is 9.95. The first kappa shape index (κ1) is 29.3. The summed E-state index contributed by atoms with van der Waals surface area (Å²) >= 11 is 1.30. The van der Waals surface area contributed by atoms with E-state index in [1.165, 1.54) is 17.8 Å². The predicted octanol–water partition coefficient (Wildman–Crippen LogP) is 8.59. The number of carbonyl (C=O) groups is 2. The lowest BCUT2D eigenvalue weighted by Crippen LogP contribution is -2.37. The number of urea groups is 1. The molecule has 7 rings (SSSR count). The van der Waals surface area contributed by atoms with Crippen LogP contribution in [0.2, 0.25) is 0 Å². The Balaban J connectivity index is 1.11. The van der Waals surface area contributed by atoms with Crippen molar-refractivity contribution in [3.63, 3.8) is 0 Å². The van der Waals surface area contributed by atoms with Gasteiger partial charge >= 0.3 is 6.03 Å². The number of rotatable bonds is 8. The van der Waals surface area contributed by atoms with Gasteiger partial charge in [0.05, 0.1) is 28.0 Å². The number of thiophene rings is 1. The Morgan fingerprint density at radius 1 is 1.04 bits per heavy atom. The summed E-state index contributed by atoms with van der Waals surface area (Å²) in [5.74, 6) is 1.62. The third-order valence-electron chi connectivity index (χ3n) is 8.34. The molecule has 0 radical (unpaired) electrons. The van der Waals surface area contributed by atoms with Gasteiger partial charge in [-0.2, -0.15) is 5.26 Å². The lowest BCUT2D eigenvalue weighted by molar-refractivity contribution is 0.0932. The molecule has 5 aromatic rings. The highest BCUT2D eigenvalue weighted by Crippen LogP contribution is 2.46. The molecule has 0 unspecified atom stereocenters. The van der Waals surface area contributed by atoms with E-state index in [0.717, 1.165) is 42.2 Å². The van der Waals surface area contributed by atoms with Crippen molar-refractivity contribution in [2.45, 2.75) is 51.7 Å². The molecule has 0 atom stereocenters. The largest absolute Gasteiger partial charge is 0.488 e. The predicted molar refractivity (Wildman–Crippen MR) is 178 cm³/mol. The number of pyridine rings is 1. The second-order valence-electron chi connectivity index (χ2n) is 11.5. The molecule has 1 saturated carbocycles. The van der Waals surface area contributed by atoms with Gasteiger partial charge in [0.1, 0.15) is 39.6 Å². The zero-order valence-corrected chi connectivity index (χ0v) is 26.0. The van der Waals surface area contributed by atoms with Gasteiger partial charge in [-0.1, -0.05) is 43.5 Å². The number of nitrogens with one attached hydrogen (secondary N) is 2. The number of aromatic nitrogens is 1. The number of hydrogen-bond acceptors (Lipinski definition) is 7. The molecule has 0 spiro atoms. The number of aryl methyl sites for hydroxylation is 1. The van der Waals surface area contributed by atoms with Crippen molar-refractivity contribution in [1.82, 2.24) is 10.3 Å². The summed E-state index contributed by atoms with van der Waals surface area (Å²) < 4.78 is 12.1. The van der Waals surface area contributed by atoms with Gasteiger partial charge in [-0.3, -0.25) is 9.69 Å². The third kappa shape index (κ3) is 5.73. The molecule has 3 heterocycles. The van der Waals surface area contributed by atoms with E-state index in [9.17, 15) is 14.9 Å². The van der Waals surface area contributed by atoms with Crippen LogP contribution in [-0.4, -0.2) is 23.0 Å². The Kier molecular flexibility index (Phi) is 7.99. The Labute approximate surface area is 270 Å². The minimum atomic E-state index is -0.340. The highest BCUT2D eigenvalue weighted by atomic mass is 32.1. The molecule has 3 amide bonds. The maximum absolute atomic E-state index is 13.6. The zero-order valence-electron chi connectivity index (χ0n) is 25.2. The summed E-state index contributed by atoms with van der Waals surface area (Å²) in [5, 5.41) is 16.3. The van der Waals surface area contributed by atoms with Crippen molar-refractivity contribution < 1.29 is 19.1 Å². The van der Waals surface area contributed by atoms with Crippen LogP contribution in [0.1, 0.15) is 58.5 Å². The van der Waals surface area contributed by atoms with Crippen molar-refractivity contribution in [3.05, 3.63) is 101 Å². The van der Waals surface area contributed by atoms with E-state index >= 15 is 0 Å². The molecule has 46 heavy (non-hydrogen) atoms. The number of anilines is 3. The molecule has 3 aromatic carbocycles. The summed E-state index contributed by atoms with van der Waals surface area (Å²) in [6.45, 7) is 2.21. The molecule has 2 aliphatic rings. The Bertz CT molecular complexity index is 2010. The van der Waals surface area contributed by atoms with Gasteiger partial charge in [0.25, 0.3) is 5.91 Å². The highest BCUT2D eigenvalue weighted by Gasteiger charge is 2.33.